The SMILES string of the molecule is CC(C)CCC(Br)Cc1ccc2ccccc2n1. The first-order valence-corrected chi connectivity index (χ1v) is 7.55. The molecule has 1 heterocycles. The number of hydrogen-bond acceptors (Lipinski definition) is 1. The zero-order valence-electron chi connectivity index (χ0n) is 11.1. The maximum atomic E-state index is 4.71. The third-order valence-electron chi connectivity index (χ3n) is 3.14. The van der Waals surface area contributed by atoms with Gasteiger partial charge < -0.3 is 0 Å². The Morgan fingerprint density at radius 2 is 1.83 bits per heavy atom. The van der Waals surface area contributed by atoms with Crippen LogP contribution in [0.5, 0.6) is 0 Å². The van der Waals surface area contributed by atoms with Crippen molar-refractivity contribution >= 4 is 26.8 Å². The maximum absolute atomic E-state index is 4.71. The Bertz CT molecular complexity index is 507. The van der Waals surface area contributed by atoms with E-state index in [-0.39, 0.29) is 0 Å². The Kier molecular flexibility index (Phi) is 4.76. The van der Waals surface area contributed by atoms with Crippen LogP contribution in [0, 0.1) is 5.92 Å². The second-order valence-corrected chi connectivity index (χ2v) is 6.56. The lowest BCUT2D eigenvalue weighted by atomic mass is 10.0. The highest BCUT2D eigenvalue weighted by Gasteiger charge is 2.08. The summed E-state index contributed by atoms with van der Waals surface area (Å²) in [7, 11) is 0. The standard InChI is InChI=1S/C16H20BrN/c1-12(2)7-9-14(17)11-15-10-8-13-5-3-4-6-16(13)18-15/h3-6,8,10,12,14H,7,9,11H2,1-2H3. The summed E-state index contributed by atoms with van der Waals surface area (Å²) >= 11 is 3.77. The molecule has 1 aromatic carbocycles. The van der Waals surface area contributed by atoms with Crippen molar-refractivity contribution in [3.63, 3.8) is 0 Å². The highest BCUT2D eigenvalue weighted by molar-refractivity contribution is 9.09. The van der Waals surface area contributed by atoms with E-state index < -0.39 is 0 Å². The number of benzene rings is 1. The quantitative estimate of drug-likeness (QED) is 0.710. The van der Waals surface area contributed by atoms with Gasteiger partial charge in [0.25, 0.3) is 0 Å². The van der Waals surface area contributed by atoms with Gasteiger partial charge in [0.05, 0.1) is 5.52 Å². The molecule has 1 unspecified atom stereocenters. The summed E-state index contributed by atoms with van der Waals surface area (Å²) in [5.74, 6) is 0.773. The summed E-state index contributed by atoms with van der Waals surface area (Å²) in [5, 5.41) is 1.22. The minimum absolute atomic E-state index is 0.536. The fourth-order valence-corrected chi connectivity index (χ4v) is 2.66. The number of aromatic nitrogens is 1. The molecular formula is C16H20BrN. The fourth-order valence-electron chi connectivity index (χ4n) is 2.07. The number of alkyl halides is 1. The first-order chi connectivity index (χ1) is 8.65. The average molecular weight is 306 g/mol. The van der Waals surface area contributed by atoms with Gasteiger partial charge in [0.1, 0.15) is 0 Å². The Balaban J connectivity index is 2.03. The molecule has 2 rings (SSSR count). The first-order valence-electron chi connectivity index (χ1n) is 6.64. The van der Waals surface area contributed by atoms with Gasteiger partial charge >= 0.3 is 0 Å². The molecule has 0 aliphatic heterocycles. The predicted molar refractivity (Wildman–Crippen MR) is 82.2 cm³/mol. The minimum Gasteiger partial charge on any atom is -0.253 e. The number of nitrogens with zero attached hydrogens (tertiary/aromatic N) is 1. The summed E-state index contributed by atoms with van der Waals surface area (Å²) in [6.07, 6.45) is 3.49. The molecule has 0 saturated heterocycles. The first kappa shape index (κ1) is 13.5. The maximum Gasteiger partial charge on any atom is 0.0705 e. The normalized spacial score (nSPS) is 13.1. The van der Waals surface area contributed by atoms with E-state index in [9.17, 15) is 0 Å². The summed E-state index contributed by atoms with van der Waals surface area (Å²) in [6, 6.07) is 12.6. The fraction of sp³-hybridized carbons (Fsp3) is 0.438. The zero-order valence-corrected chi connectivity index (χ0v) is 12.7. The van der Waals surface area contributed by atoms with Crippen LogP contribution >= 0.6 is 15.9 Å². The zero-order chi connectivity index (χ0) is 13.0. The highest BCUT2D eigenvalue weighted by Crippen LogP contribution is 2.19. The molecule has 1 aromatic heterocycles. The number of fused-ring (bicyclic) bond motifs is 1. The van der Waals surface area contributed by atoms with Gasteiger partial charge in [-0.25, -0.2) is 0 Å². The van der Waals surface area contributed by atoms with E-state index in [0.717, 1.165) is 17.9 Å². The second kappa shape index (κ2) is 6.33. The number of rotatable bonds is 5. The third-order valence-corrected chi connectivity index (χ3v) is 3.93. The number of hydrogen-bond donors (Lipinski definition) is 0. The lowest BCUT2D eigenvalue weighted by Gasteiger charge is -2.11. The van der Waals surface area contributed by atoms with Crippen molar-refractivity contribution < 1.29 is 0 Å². The molecule has 2 heteroatoms. The summed E-state index contributed by atoms with van der Waals surface area (Å²) in [5.41, 5.74) is 2.28. The Morgan fingerprint density at radius 1 is 1.06 bits per heavy atom. The van der Waals surface area contributed by atoms with Crippen molar-refractivity contribution in [3.8, 4) is 0 Å². The predicted octanol–water partition coefficient (Wildman–Crippen LogP) is 4.98. The molecule has 1 atom stereocenters. The van der Waals surface area contributed by atoms with Crippen LogP contribution in [-0.2, 0) is 6.42 Å². The molecule has 0 N–H and O–H groups in total. The van der Waals surface area contributed by atoms with Gasteiger partial charge in [0.2, 0.25) is 0 Å². The van der Waals surface area contributed by atoms with Gasteiger partial charge in [0, 0.05) is 22.3 Å². The molecule has 96 valence electrons. The number of para-hydroxylation sites is 1. The molecule has 0 fully saturated rings. The van der Waals surface area contributed by atoms with Crippen molar-refractivity contribution in [2.24, 2.45) is 5.92 Å². The van der Waals surface area contributed by atoms with Crippen LogP contribution in [0.15, 0.2) is 36.4 Å². The molecule has 0 saturated carbocycles. The molecule has 18 heavy (non-hydrogen) atoms. The third kappa shape index (κ3) is 3.81. The molecular weight excluding hydrogens is 286 g/mol. The Hall–Kier alpha value is -0.890. The van der Waals surface area contributed by atoms with Crippen molar-refractivity contribution in [2.45, 2.75) is 37.9 Å². The molecule has 0 aliphatic rings. The highest BCUT2D eigenvalue weighted by atomic mass is 79.9. The lowest BCUT2D eigenvalue weighted by Crippen LogP contribution is -2.06. The molecule has 0 bridgehead atoms. The topological polar surface area (TPSA) is 12.9 Å². The molecule has 1 nitrogen and oxygen atoms in total. The number of halogens is 1. The van der Waals surface area contributed by atoms with Crippen LogP contribution in [-0.4, -0.2) is 9.81 Å². The van der Waals surface area contributed by atoms with Crippen molar-refractivity contribution in [1.29, 1.82) is 0 Å². The van der Waals surface area contributed by atoms with Crippen LogP contribution in [0.3, 0.4) is 0 Å². The molecule has 0 aliphatic carbocycles. The molecule has 2 aromatic rings. The monoisotopic (exact) mass is 305 g/mol. The molecule has 0 spiro atoms. The van der Waals surface area contributed by atoms with Gasteiger partial charge in [0.15, 0.2) is 0 Å². The van der Waals surface area contributed by atoms with Crippen LogP contribution in [0.2, 0.25) is 0 Å². The van der Waals surface area contributed by atoms with Gasteiger partial charge in [-0.1, -0.05) is 54.0 Å². The van der Waals surface area contributed by atoms with Gasteiger partial charge in [-0.2, -0.15) is 0 Å². The lowest BCUT2D eigenvalue weighted by molar-refractivity contribution is 0.546. The van der Waals surface area contributed by atoms with Gasteiger partial charge in [-0.3, -0.25) is 4.98 Å². The van der Waals surface area contributed by atoms with Crippen LogP contribution in [0.1, 0.15) is 32.4 Å². The van der Waals surface area contributed by atoms with Crippen LogP contribution in [0.25, 0.3) is 10.9 Å². The Labute approximate surface area is 118 Å². The Morgan fingerprint density at radius 3 is 2.61 bits per heavy atom. The second-order valence-electron chi connectivity index (χ2n) is 5.27. The van der Waals surface area contributed by atoms with Crippen LogP contribution < -0.4 is 0 Å². The summed E-state index contributed by atoms with van der Waals surface area (Å²) in [6.45, 7) is 4.54. The van der Waals surface area contributed by atoms with Crippen molar-refractivity contribution in [2.75, 3.05) is 0 Å². The van der Waals surface area contributed by atoms with Crippen LogP contribution in [0.4, 0.5) is 0 Å². The summed E-state index contributed by atoms with van der Waals surface area (Å²) < 4.78 is 0. The average Bonchev–Trinajstić information content (AvgIpc) is 2.36. The van der Waals surface area contributed by atoms with E-state index in [0.29, 0.717) is 4.83 Å². The van der Waals surface area contributed by atoms with Crippen molar-refractivity contribution in [1.82, 2.24) is 4.98 Å². The molecule has 0 radical (unpaired) electrons. The van der Waals surface area contributed by atoms with Gasteiger partial charge in [-0.15, -0.1) is 0 Å². The van der Waals surface area contributed by atoms with E-state index in [1.165, 1.54) is 23.9 Å². The molecule has 0 amide bonds. The van der Waals surface area contributed by atoms with E-state index in [1.807, 2.05) is 6.07 Å². The van der Waals surface area contributed by atoms with E-state index >= 15 is 0 Å². The van der Waals surface area contributed by atoms with Gasteiger partial charge in [-0.05, 0) is 30.9 Å². The van der Waals surface area contributed by atoms with Crippen molar-refractivity contribution in [3.05, 3.63) is 42.1 Å². The van der Waals surface area contributed by atoms with E-state index in [2.05, 4.69) is 60.1 Å². The minimum atomic E-state index is 0.536. The largest absolute Gasteiger partial charge is 0.253 e. The van der Waals surface area contributed by atoms with E-state index in [4.69, 9.17) is 4.98 Å². The number of pyridine rings is 1. The summed E-state index contributed by atoms with van der Waals surface area (Å²) in [4.78, 5) is 5.25. The smallest absolute Gasteiger partial charge is 0.0705 e. The van der Waals surface area contributed by atoms with E-state index in [1.54, 1.807) is 0 Å².